The summed E-state index contributed by atoms with van der Waals surface area (Å²) >= 11 is 0. The summed E-state index contributed by atoms with van der Waals surface area (Å²) in [6.07, 6.45) is 2.38. The Balaban J connectivity index is 1.60. The van der Waals surface area contributed by atoms with E-state index in [2.05, 4.69) is 15.7 Å². The number of benzene rings is 2. The average molecular weight is 382 g/mol. The third-order valence-corrected chi connectivity index (χ3v) is 4.54. The molecule has 0 fully saturated rings. The molecule has 28 heavy (non-hydrogen) atoms. The largest absolute Gasteiger partial charge is 0.326 e. The van der Waals surface area contributed by atoms with E-state index in [1.54, 1.807) is 25.1 Å². The number of carbonyl (C=O) groups is 2. The van der Waals surface area contributed by atoms with Gasteiger partial charge < -0.3 is 10.6 Å². The molecule has 3 aromatic rings. The number of aryl methyl sites for hydroxylation is 2. The molecule has 6 nitrogen and oxygen atoms in total. The van der Waals surface area contributed by atoms with Gasteiger partial charge in [-0.15, -0.1) is 0 Å². The molecule has 0 saturated carbocycles. The number of carbonyl (C=O) groups excluding carboxylic acids is 2. The van der Waals surface area contributed by atoms with Crippen molar-refractivity contribution in [3.63, 3.8) is 0 Å². The molecule has 1 aliphatic heterocycles. The number of amides is 2. The number of anilines is 2. The Bertz CT molecular complexity index is 1090. The smallest absolute Gasteiger partial charge is 0.276 e. The number of hydrogen-bond donors (Lipinski definition) is 2. The maximum Gasteiger partial charge on any atom is 0.276 e. The molecule has 0 saturated heterocycles. The van der Waals surface area contributed by atoms with E-state index in [1.165, 1.54) is 12.3 Å². The lowest BCUT2D eigenvalue weighted by atomic mass is 10.0. The van der Waals surface area contributed by atoms with E-state index >= 15 is 0 Å². The first-order chi connectivity index (χ1) is 13.4. The minimum atomic E-state index is -0.772. The van der Waals surface area contributed by atoms with Crippen molar-refractivity contribution in [1.82, 2.24) is 9.78 Å². The highest BCUT2D eigenvalue weighted by Crippen LogP contribution is 2.26. The summed E-state index contributed by atoms with van der Waals surface area (Å²) in [6.45, 7) is 1.64. The van der Waals surface area contributed by atoms with Crippen LogP contribution in [-0.4, -0.2) is 21.6 Å². The summed E-state index contributed by atoms with van der Waals surface area (Å²) < 4.78 is 29.0. The first-order valence-corrected chi connectivity index (χ1v) is 8.67. The minimum Gasteiger partial charge on any atom is -0.326 e. The third-order valence-electron chi connectivity index (χ3n) is 4.54. The average Bonchev–Trinajstić information content (AvgIpc) is 3.03. The fraction of sp³-hybridized carbons (Fsp3) is 0.150. The van der Waals surface area contributed by atoms with Crippen molar-refractivity contribution < 1.29 is 18.4 Å². The van der Waals surface area contributed by atoms with Crippen LogP contribution in [0.4, 0.5) is 20.2 Å². The second-order valence-electron chi connectivity index (χ2n) is 6.55. The van der Waals surface area contributed by atoms with E-state index < -0.39 is 17.5 Å². The van der Waals surface area contributed by atoms with E-state index in [0.29, 0.717) is 24.1 Å². The van der Waals surface area contributed by atoms with Crippen LogP contribution in [0.15, 0.2) is 42.6 Å². The van der Waals surface area contributed by atoms with Gasteiger partial charge in [0.1, 0.15) is 5.69 Å². The number of para-hydroxylation sites is 1. The van der Waals surface area contributed by atoms with Crippen LogP contribution in [0.25, 0.3) is 5.69 Å². The standard InChI is InChI=1S/C20H16F2N4O2/c1-11-10-26(19-14(21)3-2-4-15(19)22)25-18(11)20(28)23-13-6-7-16-12(9-13)5-8-17(27)24-16/h2-4,6-7,9-10H,5,8H2,1H3,(H,23,28)(H,24,27). The molecule has 0 radical (unpaired) electrons. The van der Waals surface area contributed by atoms with E-state index in [0.717, 1.165) is 28.1 Å². The molecule has 1 aromatic heterocycles. The summed E-state index contributed by atoms with van der Waals surface area (Å²) in [7, 11) is 0. The molecular formula is C20H16F2N4O2. The zero-order valence-corrected chi connectivity index (χ0v) is 14.9. The Morgan fingerprint density at radius 1 is 1.18 bits per heavy atom. The Morgan fingerprint density at radius 3 is 2.68 bits per heavy atom. The number of halogens is 2. The molecule has 0 aliphatic carbocycles. The van der Waals surface area contributed by atoms with Crippen LogP contribution >= 0.6 is 0 Å². The van der Waals surface area contributed by atoms with Gasteiger partial charge in [-0.3, -0.25) is 9.59 Å². The number of fused-ring (bicyclic) bond motifs is 1. The molecule has 0 spiro atoms. The van der Waals surface area contributed by atoms with Crippen LogP contribution < -0.4 is 10.6 Å². The second kappa shape index (κ2) is 6.88. The van der Waals surface area contributed by atoms with Gasteiger partial charge in [-0.05, 0) is 49.2 Å². The Morgan fingerprint density at radius 2 is 1.93 bits per heavy atom. The Labute approximate surface area is 159 Å². The van der Waals surface area contributed by atoms with Gasteiger partial charge in [-0.2, -0.15) is 5.10 Å². The van der Waals surface area contributed by atoms with E-state index in [-0.39, 0.29) is 17.3 Å². The maximum absolute atomic E-state index is 14.0. The molecule has 1 aliphatic rings. The van der Waals surface area contributed by atoms with Gasteiger partial charge in [0, 0.05) is 29.6 Å². The molecule has 0 bridgehead atoms. The topological polar surface area (TPSA) is 76.0 Å². The molecule has 2 amide bonds. The molecule has 2 heterocycles. The van der Waals surface area contributed by atoms with E-state index in [4.69, 9.17) is 0 Å². The second-order valence-corrected chi connectivity index (χ2v) is 6.55. The van der Waals surface area contributed by atoms with Crippen molar-refractivity contribution in [3.05, 3.63) is 71.1 Å². The highest BCUT2D eigenvalue weighted by Gasteiger charge is 2.20. The lowest BCUT2D eigenvalue weighted by molar-refractivity contribution is -0.116. The Hall–Kier alpha value is -3.55. The lowest BCUT2D eigenvalue weighted by Crippen LogP contribution is -2.19. The first-order valence-electron chi connectivity index (χ1n) is 8.67. The fourth-order valence-electron chi connectivity index (χ4n) is 3.16. The molecule has 142 valence electrons. The summed E-state index contributed by atoms with van der Waals surface area (Å²) in [5.41, 5.74) is 2.40. The van der Waals surface area contributed by atoms with E-state index in [1.807, 2.05) is 0 Å². The van der Waals surface area contributed by atoms with Crippen LogP contribution in [0.5, 0.6) is 0 Å². The molecule has 2 aromatic carbocycles. The zero-order chi connectivity index (χ0) is 19.8. The van der Waals surface area contributed by atoms with Gasteiger partial charge in [-0.1, -0.05) is 6.07 Å². The molecule has 0 atom stereocenters. The highest BCUT2D eigenvalue weighted by molar-refractivity contribution is 6.04. The summed E-state index contributed by atoms with van der Waals surface area (Å²) in [6, 6.07) is 8.70. The molecule has 8 heteroatoms. The first kappa shape index (κ1) is 17.8. The lowest BCUT2D eigenvalue weighted by Gasteiger charge is -2.17. The van der Waals surface area contributed by atoms with Crippen molar-refractivity contribution in [2.45, 2.75) is 19.8 Å². The van der Waals surface area contributed by atoms with Gasteiger partial charge in [-0.25, -0.2) is 13.5 Å². The van der Waals surface area contributed by atoms with Crippen molar-refractivity contribution in [3.8, 4) is 5.69 Å². The summed E-state index contributed by atoms with van der Waals surface area (Å²) in [5, 5.41) is 9.58. The molecule has 2 N–H and O–H groups in total. The normalized spacial score (nSPS) is 13.0. The van der Waals surface area contributed by atoms with Gasteiger partial charge in [0.05, 0.1) is 0 Å². The number of nitrogens with zero attached hydrogens (tertiary/aromatic N) is 2. The van der Waals surface area contributed by atoms with Crippen molar-refractivity contribution in [2.75, 3.05) is 10.6 Å². The molecule has 4 rings (SSSR count). The van der Waals surface area contributed by atoms with Crippen molar-refractivity contribution >= 4 is 23.2 Å². The van der Waals surface area contributed by atoms with Gasteiger partial charge in [0.2, 0.25) is 5.91 Å². The van der Waals surface area contributed by atoms with Crippen LogP contribution in [0.3, 0.4) is 0 Å². The highest BCUT2D eigenvalue weighted by atomic mass is 19.1. The quantitative estimate of drug-likeness (QED) is 0.727. The predicted molar refractivity (Wildman–Crippen MR) is 99.6 cm³/mol. The minimum absolute atomic E-state index is 0.0363. The van der Waals surface area contributed by atoms with Gasteiger partial charge >= 0.3 is 0 Å². The number of nitrogens with one attached hydrogen (secondary N) is 2. The van der Waals surface area contributed by atoms with Gasteiger partial charge in [0.15, 0.2) is 17.3 Å². The fourth-order valence-corrected chi connectivity index (χ4v) is 3.16. The zero-order valence-electron chi connectivity index (χ0n) is 14.9. The van der Waals surface area contributed by atoms with Crippen LogP contribution in [-0.2, 0) is 11.2 Å². The van der Waals surface area contributed by atoms with Crippen LogP contribution in [0, 0.1) is 18.6 Å². The number of hydrogen-bond acceptors (Lipinski definition) is 3. The summed E-state index contributed by atoms with van der Waals surface area (Å²) in [4.78, 5) is 24.1. The van der Waals surface area contributed by atoms with E-state index in [9.17, 15) is 18.4 Å². The van der Waals surface area contributed by atoms with Crippen LogP contribution in [0.1, 0.15) is 28.0 Å². The van der Waals surface area contributed by atoms with Crippen molar-refractivity contribution in [1.29, 1.82) is 0 Å². The summed E-state index contributed by atoms with van der Waals surface area (Å²) in [5.74, 6) is -2.07. The monoisotopic (exact) mass is 382 g/mol. The number of aromatic nitrogens is 2. The molecular weight excluding hydrogens is 366 g/mol. The maximum atomic E-state index is 14.0. The molecule has 0 unspecified atom stereocenters. The van der Waals surface area contributed by atoms with Crippen LogP contribution in [0.2, 0.25) is 0 Å². The predicted octanol–water partition coefficient (Wildman–Crippen LogP) is 3.60. The Kier molecular flexibility index (Phi) is 4.38. The van der Waals surface area contributed by atoms with Gasteiger partial charge in [0.25, 0.3) is 5.91 Å². The van der Waals surface area contributed by atoms with Crippen molar-refractivity contribution in [2.24, 2.45) is 0 Å². The number of rotatable bonds is 3. The SMILES string of the molecule is Cc1cn(-c2c(F)cccc2F)nc1C(=O)Nc1ccc2c(c1)CCC(=O)N2. The third kappa shape index (κ3) is 3.24.